The summed E-state index contributed by atoms with van der Waals surface area (Å²) >= 11 is 0. The number of hydrogen-bond acceptors (Lipinski definition) is 10. The average Bonchev–Trinajstić information content (AvgIpc) is 3.41. The van der Waals surface area contributed by atoms with Crippen LogP contribution in [0.4, 0.5) is 0 Å². The smallest absolute Gasteiger partial charge is 0.306 e. The van der Waals surface area contributed by atoms with Crippen molar-refractivity contribution in [3.8, 4) is 0 Å². The Morgan fingerprint density at radius 3 is 1.60 bits per heavy atom. The molecule has 0 radical (unpaired) electrons. The van der Waals surface area contributed by atoms with Crippen LogP contribution in [-0.2, 0) is 23.8 Å². The third-order valence-corrected chi connectivity index (χ3v) is 12.7. The van der Waals surface area contributed by atoms with E-state index in [4.69, 9.17) is 14.2 Å². The Balaban J connectivity index is 2.79. The lowest BCUT2D eigenvalue weighted by atomic mass is 9.99. The third-order valence-electron chi connectivity index (χ3n) is 12.7. The summed E-state index contributed by atoms with van der Waals surface area (Å²) in [4.78, 5) is 26.5. The number of esters is 1. The molecule has 0 aromatic heterocycles. The van der Waals surface area contributed by atoms with Gasteiger partial charge in [-0.2, -0.15) is 0 Å². The molecule has 1 amide bonds. The lowest BCUT2D eigenvalue weighted by molar-refractivity contribution is -0.305. The van der Waals surface area contributed by atoms with Crippen molar-refractivity contribution in [1.82, 2.24) is 5.32 Å². The maximum absolute atomic E-state index is 13.4. The highest BCUT2D eigenvalue weighted by atomic mass is 16.7. The van der Waals surface area contributed by atoms with E-state index in [9.17, 15) is 35.1 Å². The lowest BCUT2D eigenvalue weighted by Crippen LogP contribution is -2.61. The first-order valence-corrected chi connectivity index (χ1v) is 29.0. The minimum Gasteiger partial charge on any atom is -0.454 e. The van der Waals surface area contributed by atoms with Gasteiger partial charge in [0.25, 0.3) is 0 Å². The zero-order valence-electron chi connectivity index (χ0n) is 46.6. The van der Waals surface area contributed by atoms with Crippen molar-refractivity contribution in [3.63, 3.8) is 0 Å². The molecule has 0 aliphatic carbocycles. The van der Waals surface area contributed by atoms with Gasteiger partial charge in [0.2, 0.25) is 5.91 Å². The van der Waals surface area contributed by atoms with E-state index in [0.29, 0.717) is 12.8 Å². The summed E-state index contributed by atoms with van der Waals surface area (Å²) in [6.07, 6.45) is 60.6. The number of amides is 1. The third kappa shape index (κ3) is 38.9. The number of aliphatic hydroxyl groups excluding tert-OH is 5. The first kappa shape index (κ1) is 68.8. The van der Waals surface area contributed by atoms with Gasteiger partial charge in [-0.1, -0.05) is 231 Å². The molecule has 0 aromatic carbocycles. The second kappa shape index (κ2) is 50.6. The number of rotatable bonds is 46. The van der Waals surface area contributed by atoms with Gasteiger partial charge in [0, 0.05) is 6.42 Å². The van der Waals surface area contributed by atoms with Crippen LogP contribution in [0.3, 0.4) is 0 Å². The molecule has 0 aromatic rings. The van der Waals surface area contributed by atoms with E-state index >= 15 is 0 Å². The molecule has 8 unspecified atom stereocenters. The summed E-state index contributed by atoms with van der Waals surface area (Å²) in [5.41, 5.74) is 0. The zero-order chi connectivity index (χ0) is 54.7. The molecule has 11 heteroatoms. The number of carbonyl (C=O) groups is 2. The predicted octanol–water partition coefficient (Wildman–Crippen LogP) is 13.3. The molecule has 75 heavy (non-hydrogen) atoms. The fourth-order valence-corrected chi connectivity index (χ4v) is 8.11. The van der Waals surface area contributed by atoms with Crippen LogP contribution >= 0.6 is 0 Å². The second-order valence-corrected chi connectivity index (χ2v) is 19.4. The number of carbonyl (C=O) groups excluding carboxylic acids is 2. The van der Waals surface area contributed by atoms with Crippen LogP contribution in [0.25, 0.3) is 0 Å². The molecule has 1 rings (SSSR count). The number of allylic oxidation sites excluding steroid dienone is 21. The van der Waals surface area contributed by atoms with Gasteiger partial charge in [-0.05, 0) is 89.9 Å². The van der Waals surface area contributed by atoms with Crippen LogP contribution in [0.15, 0.2) is 134 Å². The maximum atomic E-state index is 13.4. The van der Waals surface area contributed by atoms with Crippen molar-refractivity contribution in [2.45, 2.75) is 243 Å². The summed E-state index contributed by atoms with van der Waals surface area (Å²) < 4.78 is 17.5. The number of unbranched alkanes of at least 4 members (excludes halogenated alkanes) is 16. The molecular weight excluding hydrogens is 943 g/mol. The lowest BCUT2D eigenvalue weighted by Gasteiger charge is -2.41. The first-order chi connectivity index (χ1) is 36.7. The Morgan fingerprint density at radius 2 is 1.03 bits per heavy atom. The standard InChI is InChI=1S/C64H103NO10/c1-4-7-10-13-16-19-22-25-27-28-29-30-31-34-37-40-43-46-49-52-59(69)75-62-61(71)60(70)58(53-66)74-64(62)73-54-55(56(67)50-47-44-41-38-35-32-24-21-18-15-12-9-6-3)65-63(72)57(68)51-48-45-42-39-36-33-26-23-20-17-14-11-8-5-2/h7-8,10-11,14,16-17,19-20,23,25-27,29-30,33-34,36-37,39,47,50,55-58,60-62,64,66-68,70-71H,4-6,9,12-13,15,18,21-22,24,28,31-32,35,38,40-46,48-49,51-54H2,1-3H3,(H,65,72)/b10-7-,11-8+,17-14+,19-16-,23-20-,27-25-,30-29-,33-26-,37-34-,39-36+,50-47+. The van der Waals surface area contributed by atoms with Crippen molar-refractivity contribution in [2.75, 3.05) is 13.2 Å². The SMILES string of the molecule is CC/C=C\C/C=C\C/C=C\C/C=C\C/C=C\CCCCCC(=O)OC1C(OCC(NC(=O)C(O)CCCC/C=C/C=C\C=C/C=C/C=C/CC)C(O)/C=C/CCCCCCCCCCCCC)OC(CO)C(O)C1O. The minimum atomic E-state index is -1.64. The monoisotopic (exact) mass is 1050 g/mol. The van der Waals surface area contributed by atoms with Gasteiger partial charge in [-0.25, -0.2) is 0 Å². The van der Waals surface area contributed by atoms with E-state index in [2.05, 4.69) is 92.9 Å². The highest BCUT2D eigenvalue weighted by molar-refractivity contribution is 5.80. The van der Waals surface area contributed by atoms with Crippen LogP contribution in [-0.4, -0.2) is 99.6 Å². The Kier molecular flexibility index (Phi) is 46.4. The van der Waals surface area contributed by atoms with Crippen molar-refractivity contribution in [3.05, 3.63) is 134 Å². The maximum Gasteiger partial charge on any atom is 0.306 e. The molecular formula is C64H103NO10. The van der Waals surface area contributed by atoms with Gasteiger partial charge in [-0.15, -0.1) is 0 Å². The molecule has 6 N–H and O–H groups in total. The summed E-state index contributed by atoms with van der Waals surface area (Å²) in [5.74, 6) is -1.29. The first-order valence-electron chi connectivity index (χ1n) is 29.0. The van der Waals surface area contributed by atoms with Gasteiger partial charge in [0.15, 0.2) is 12.4 Å². The largest absolute Gasteiger partial charge is 0.454 e. The van der Waals surface area contributed by atoms with Crippen molar-refractivity contribution < 1.29 is 49.3 Å². The quantitative estimate of drug-likeness (QED) is 0.0149. The van der Waals surface area contributed by atoms with Gasteiger partial charge in [-0.3, -0.25) is 9.59 Å². The molecule has 1 saturated heterocycles. The molecule has 0 spiro atoms. The van der Waals surface area contributed by atoms with E-state index in [1.165, 1.54) is 51.4 Å². The fraction of sp³-hybridized carbons (Fsp3) is 0.625. The fourth-order valence-electron chi connectivity index (χ4n) is 8.11. The average molecular weight is 1050 g/mol. The van der Waals surface area contributed by atoms with Crippen molar-refractivity contribution in [2.24, 2.45) is 0 Å². The second-order valence-electron chi connectivity index (χ2n) is 19.4. The molecule has 0 saturated carbocycles. The molecule has 1 fully saturated rings. The summed E-state index contributed by atoms with van der Waals surface area (Å²) in [7, 11) is 0. The van der Waals surface area contributed by atoms with E-state index in [1.54, 1.807) is 6.08 Å². The molecule has 11 nitrogen and oxygen atoms in total. The van der Waals surface area contributed by atoms with Crippen molar-refractivity contribution >= 4 is 11.9 Å². The molecule has 8 atom stereocenters. The molecule has 1 heterocycles. The van der Waals surface area contributed by atoms with Crippen LogP contribution in [0.2, 0.25) is 0 Å². The van der Waals surface area contributed by atoms with Crippen LogP contribution < -0.4 is 5.32 Å². The van der Waals surface area contributed by atoms with Crippen molar-refractivity contribution in [1.29, 1.82) is 0 Å². The Morgan fingerprint density at radius 1 is 0.547 bits per heavy atom. The highest BCUT2D eigenvalue weighted by Gasteiger charge is 2.47. The van der Waals surface area contributed by atoms with Gasteiger partial charge in [0.1, 0.15) is 24.4 Å². The Hall–Kier alpha value is -4.20. The highest BCUT2D eigenvalue weighted by Crippen LogP contribution is 2.26. The minimum absolute atomic E-state index is 0.0703. The van der Waals surface area contributed by atoms with E-state index in [1.807, 2.05) is 60.8 Å². The van der Waals surface area contributed by atoms with E-state index < -0.39 is 67.4 Å². The van der Waals surface area contributed by atoms with Gasteiger partial charge in [0.05, 0.1) is 25.4 Å². The summed E-state index contributed by atoms with van der Waals surface area (Å²) in [6, 6.07) is -1.06. The van der Waals surface area contributed by atoms with E-state index in [-0.39, 0.29) is 19.4 Å². The molecule has 424 valence electrons. The summed E-state index contributed by atoms with van der Waals surface area (Å²) in [6.45, 7) is 5.45. The van der Waals surface area contributed by atoms with Gasteiger partial charge >= 0.3 is 5.97 Å². The Labute approximate surface area is 454 Å². The number of nitrogens with one attached hydrogen (secondary N) is 1. The zero-order valence-corrected chi connectivity index (χ0v) is 46.6. The molecule has 0 bridgehead atoms. The Bertz CT molecular complexity index is 1720. The summed E-state index contributed by atoms with van der Waals surface area (Å²) in [5, 5.41) is 56.8. The molecule has 1 aliphatic rings. The van der Waals surface area contributed by atoms with Crippen LogP contribution in [0.5, 0.6) is 0 Å². The van der Waals surface area contributed by atoms with Gasteiger partial charge < -0.3 is 45.1 Å². The topological polar surface area (TPSA) is 175 Å². The number of hydrogen-bond donors (Lipinski definition) is 6. The van der Waals surface area contributed by atoms with Crippen LogP contribution in [0, 0.1) is 0 Å². The number of aliphatic hydroxyl groups is 5. The molecule has 1 aliphatic heterocycles. The van der Waals surface area contributed by atoms with E-state index in [0.717, 1.165) is 96.3 Å². The predicted molar refractivity (Wildman–Crippen MR) is 310 cm³/mol. The number of ether oxygens (including phenoxy) is 3. The normalized spacial score (nSPS) is 20.2. The van der Waals surface area contributed by atoms with Crippen LogP contribution in [0.1, 0.15) is 194 Å².